The smallest absolute Gasteiger partial charge is 0.126 e. The molecule has 132 valence electrons. The summed E-state index contributed by atoms with van der Waals surface area (Å²) in [5.41, 5.74) is 5.28. The zero-order valence-electron chi connectivity index (χ0n) is 15.1. The lowest BCUT2D eigenvalue weighted by molar-refractivity contribution is 0.174. The zero-order valence-corrected chi connectivity index (χ0v) is 15.9. The molecule has 1 fully saturated rings. The molecular formula is C22H26ClNO. The van der Waals surface area contributed by atoms with Crippen LogP contribution in [0.25, 0.3) is 11.1 Å². The first-order chi connectivity index (χ1) is 12.2. The Morgan fingerprint density at radius 1 is 1.08 bits per heavy atom. The largest absolute Gasteiger partial charge is 0.496 e. The van der Waals surface area contributed by atoms with Crippen LogP contribution in [0.3, 0.4) is 0 Å². The van der Waals surface area contributed by atoms with Gasteiger partial charge in [-0.3, -0.25) is 4.90 Å². The maximum absolute atomic E-state index is 6.21. The van der Waals surface area contributed by atoms with E-state index in [1.54, 1.807) is 7.11 Å². The van der Waals surface area contributed by atoms with Gasteiger partial charge in [0, 0.05) is 22.7 Å². The molecule has 0 amide bonds. The molecule has 1 aliphatic carbocycles. The lowest BCUT2D eigenvalue weighted by Gasteiger charge is -2.35. The molecule has 0 saturated carbocycles. The fourth-order valence-electron chi connectivity index (χ4n) is 4.59. The van der Waals surface area contributed by atoms with E-state index in [0.717, 1.165) is 28.4 Å². The van der Waals surface area contributed by atoms with Crippen LogP contribution in [0, 0.1) is 0 Å². The molecule has 0 radical (unpaired) electrons. The maximum Gasteiger partial charge on any atom is 0.126 e. The first kappa shape index (κ1) is 16.9. The summed E-state index contributed by atoms with van der Waals surface area (Å²) in [5, 5.41) is 0.747. The monoisotopic (exact) mass is 355 g/mol. The molecule has 1 aliphatic heterocycles. The van der Waals surface area contributed by atoms with E-state index in [2.05, 4.69) is 30.0 Å². The number of ether oxygens (including phenoxy) is 1. The summed E-state index contributed by atoms with van der Waals surface area (Å²) >= 11 is 6.21. The molecular weight excluding hydrogens is 330 g/mol. The quantitative estimate of drug-likeness (QED) is 0.735. The van der Waals surface area contributed by atoms with Crippen molar-refractivity contribution in [3.8, 4) is 16.9 Å². The Morgan fingerprint density at radius 2 is 1.96 bits per heavy atom. The SMILES string of the molecule is COc1ccc(Cl)cc1-c1ccc2c(c1)CCC(N1CCCC1C)C2. The average molecular weight is 356 g/mol. The molecule has 0 N–H and O–H groups in total. The van der Waals surface area contributed by atoms with Gasteiger partial charge in [0.15, 0.2) is 0 Å². The number of halogens is 1. The number of aryl methyl sites for hydroxylation is 1. The van der Waals surface area contributed by atoms with Crippen molar-refractivity contribution in [3.63, 3.8) is 0 Å². The molecule has 1 saturated heterocycles. The van der Waals surface area contributed by atoms with Crippen LogP contribution in [0.1, 0.15) is 37.3 Å². The van der Waals surface area contributed by atoms with E-state index in [-0.39, 0.29) is 0 Å². The number of hydrogen-bond donors (Lipinski definition) is 0. The molecule has 2 nitrogen and oxygen atoms in total. The third-order valence-electron chi connectivity index (χ3n) is 5.95. The van der Waals surface area contributed by atoms with Gasteiger partial charge < -0.3 is 4.74 Å². The van der Waals surface area contributed by atoms with Crippen molar-refractivity contribution in [1.82, 2.24) is 4.90 Å². The van der Waals surface area contributed by atoms with E-state index in [4.69, 9.17) is 16.3 Å². The van der Waals surface area contributed by atoms with Gasteiger partial charge in [0.25, 0.3) is 0 Å². The van der Waals surface area contributed by atoms with E-state index < -0.39 is 0 Å². The highest BCUT2D eigenvalue weighted by molar-refractivity contribution is 6.31. The minimum Gasteiger partial charge on any atom is -0.496 e. The van der Waals surface area contributed by atoms with E-state index in [0.29, 0.717) is 0 Å². The van der Waals surface area contributed by atoms with Crippen molar-refractivity contribution < 1.29 is 4.74 Å². The van der Waals surface area contributed by atoms with Crippen molar-refractivity contribution >= 4 is 11.6 Å². The van der Waals surface area contributed by atoms with Gasteiger partial charge >= 0.3 is 0 Å². The summed E-state index contributed by atoms with van der Waals surface area (Å²) in [7, 11) is 1.72. The Balaban J connectivity index is 1.61. The molecule has 25 heavy (non-hydrogen) atoms. The number of benzene rings is 2. The average Bonchev–Trinajstić information content (AvgIpc) is 3.07. The summed E-state index contributed by atoms with van der Waals surface area (Å²) in [6.07, 6.45) is 6.34. The molecule has 2 aromatic rings. The molecule has 1 heterocycles. The van der Waals surface area contributed by atoms with Gasteiger partial charge in [-0.1, -0.05) is 29.8 Å². The summed E-state index contributed by atoms with van der Waals surface area (Å²) in [5.74, 6) is 0.879. The number of fused-ring (bicyclic) bond motifs is 1. The minimum absolute atomic E-state index is 0.719. The second-order valence-corrected chi connectivity index (χ2v) is 7.89. The molecule has 0 bridgehead atoms. The van der Waals surface area contributed by atoms with Gasteiger partial charge in [0.1, 0.15) is 5.75 Å². The second-order valence-electron chi connectivity index (χ2n) is 7.45. The molecule has 4 rings (SSSR count). The highest BCUT2D eigenvalue weighted by atomic mass is 35.5. The number of nitrogens with zero attached hydrogens (tertiary/aromatic N) is 1. The van der Waals surface area contributed by atoms with Crippen LogP contribution in [-0.2, 0) is 12.8 Å². The number of rotatable bonds is 3. The lowest BCUT2D eigenvalue weighted by Crippen LogP contribution is -2.41. The maximum atomic E-state index is 6.21. The van der Waals surface area contributed by atoms with Crippen LogP contribution in [-0.4, -0.2) is 30.6 Å². The Morgan fingerprint density at radius 3 is 2.72 bits per heavy atom. The minimum atomic E-state index is 0.719. The zero-order chi connectivity index (χ0) is 17.4. The predicted molar refractivity (Wildman–Crippen MR) is 105 cm³/mol. The van der Waals surface area contributed by atoms with Crippen molar-refractivity contribution in [2.45, 2.75) is 51.1 Å². The van der Waals surface area contributed by atoms with E-state index in [9.17, 15) is 0 Å². The number of likely N-dealkylation sites (tertiary alicyclic amines) is 1. The molecule has 0 spiro atoms. The predicted octanol–water partition coefficient (Wildman–Crippen LogP) is 5.36. The normalized spacial score (nSPS) is 23.5. The molecule has 2 aliphatic rings. The van der Waals surface area contributed by atoms with Gasteiger partial charge in [-0.2, -0.15) is 0 Å². The summed E-state index contributed by atoms with van der Waals surface area (Å²) < 4.78 is 5.53. The van der Waals surface area contributed by atoms with Crippen LogP contribution >= 0.6 is 11.6 Å². The topological polar surface area (TPSA) is 12.5 Å². The van der Waals surface area contributed by atoms with E-state index in [1.165, 1.54) is 55.3 Å². The van der Waals surface area contributed by atoms with Crippen LogP contribution in [0.5, 0.6) is 5.75 Å². The molecule has 2 atom stereocenters. The Labute approximate surface area is 155 Å². The fraction of sp³-hybridized carbons (Fsp3) is 0.455. The second kappa shape index (κ2) is 7.01. The molecule has 2 unspecified atom stereocenters. The van der Waals surface area contributed by atoms with Gasteiger partial charge in [0.05, 0.1) is 7.11 Å². The Hall–Kier alpha value is -1.51. The number of methoxy groups -OCH3 is 1. The summed E-state index contributed by atoms with van der Waals surface area (Å²) in [6.45, 7) is 3.66. The van der Waals surface area contributed by atoms with Crippen molar-refractivity contribution in [2.24, 2.45) is 0 Å². The van der Waals surface area contributed by atoms with E-state index >= 15 is 0 Å². The molecule has 2 aromatic carbocycles. The number of hydrogen-bond acceptors (Lipinski definition) is 2. The van der Waals surface area contributed by atoms with Crippen molar-refractivity contribution in [2.75, 3.05) is 13.7 Å². The third-order valence-corrected chi connectivity index (χ3v) is 6.19. The first-order valence-corrected chi connectivity index (χ1v) is 9.75. The first-order valence-electron chi connectivity index (χ1n) is 9.37. The van der Waals surface area contributed by atoms with Crippen LogP contribution in [0.2, 0.25) is 5.02 Å². The van der Waals surface area contributed by atoms with Gasteiger partial charge in [-0.25, -0.2) is 0 Å². The molecule has 3 heteroatoms. The van der Waals surface area contributed by atoms with Crippen LogP contribution in [0.4, 0.5) is 0 Å². The molecule has 0 aromatic heterocycles. The lowest BCUT2D eigenvalue weighted by atomic mass is 9.85. The van der Waals surface area contributed by atoms with E-state index in [1.807, 2.05) is 18.2 Å². The van der Waals surface area contributed by atoms with Crippen molar-refractivity contribution in [3.05, 3.63) is 52.5 Å². The highest BCUT2D eigenvalue weighted by Crippen LogP contribution is 2.36. The van der Waals surface area contributed by atoms with Crippen molar-refractivity contribution in [1.29, 1.82) is 0 Å². The fourth-order valence-corrected chi connectivity index (χ4v) is 4.76. The van der Waals surface area contributed by atoms with Gasteiger partial charge in [-0.05, 0) is 80.5 Å². The highest BCUT2D eigenvalue weighted by Gasteiger charge is 2.30. The summed E-state index contributed by atoms with van der Waals surface area (Å²) in [6, 6.07) is 14.2. The summed E-state index contributed by atoms with van der Waals surface area (Å²) in [4.78, 5) is 2.73. The standard InChI is InChI=1S/C22H26ClNO/c1-15-4-3-11-24(15)20-9-7-16-12-18(6-5-17(16)13-20)21-14-19(23)8-10-22(21)25-2/h5-6,8,10,12,14-15,20H,3-4,7,9,11,13H2,1-2H3. The Bertz CT molecular complexity index is 773. The van der Waals surface area contributed by atoms with Crippen LogP contribution in [0.15, 0.2) is 36.4 Å². The van der Waals surface area contributed by atoms with Crippen LogP contribution < -0.4 is 4.74 Å². The third kappa shape index (κ3) is 3.30. The van der Waals surface area contributed by atoms with Gasteiger partial charge in [0.2, 0.25) is 0 Å². The van der Waals surface area contributed by atoms with Gasteiger partial charge in [-0.15, -0.1) is 0 Å². The Kier molecular flexibility index (Phi) is 4.75.